The van der Waals surface area contributed by atoms with Gasteiger partial charge >= 0.3 is 0 Å². The molecule has 32 heavy (non-hydrogen) atoms. The summed E-state index contributed by atoms with van der Waals surface area (Å²) < 4.78 is 13.3. The zero-order valence-electron chi connectivity index (χ0n) is 18.2. The highest BCUT2D eigenvalue weighted by Crippen LogP contribution is 2.32. The van der Waals surface area contributed by atoms with Gasteiger partial charge in [-0.1, -0.05) is 36.0 Å². The molecule has 4 aromatic rings. The van der Waals surface area contributed by atoms with E-state index in [1.165, 1.54) is 0 Å². The number of fused-ring (bicyclic) bond motifs is 1. The Morgan fingerprint density at radius 2 is 1.91 bits per heavy atom. The van der Waals surface area contributed by atoms with E-state index in [2.05, 4.69) is 10.3 Å². The van der Waals surface area contributed by atoms with E-state index in [0.29, 0.717) is 12.2 Å². The van der Waals surface area contributed by atoms with E-state index in [4.69, 9.17) is 9.47 Å². The van der Waals surface area contributed by atoms with Crippen LogP contribution in [0.25, 0.3) is 10.2 Å². The van der Waals surface area contributed by atoms with Gasteiger partial charge in [-0.2, -0.15) is 0 Å². The fourth-order valence-corrected chi connectivity index (χ4v) is 5.24. The van der Waals surface area contributed by atoms with Crippen molar-refractivity contribution in [1.82, 2.24) is 4.98 Å². The first kappa shape index (κ1) is 22.2. The molecule has 0 aliphatic rings. The molecule has 5 nitrogen and oxygen atoms in total. The lowest BCUT2D eigenvalue weighted by Gasteiger charge is -2.10. The maximum Gasteiger partial charge on any atom is 0.255 e. The van der Waals surface area contributed by atoms with Gasteiger partial charge in [-0.05, 0) is 61.4 Å². The molecule has 1 amide bonds. The van der Waals surface area contributed by atoms with Crippen LogP contribution in [0, 0.1) is 13.8 Å². The molecule has 1 aromatic heterocycles. The van der Waals surface area contributed by atoms with E-state index in [-0.39, 0.29) is 5.91 Å². The van der Waals surface area contributed by atoms with Gasteiger partial charge in [0.1, 0.15) is 0 Å². The molecular formula is C25H24N2O3S2. The van der Waals surface area contributed by atoms with Crippen molar-refractivity contribution in [3.63, 3.8) is 0 Å². The average molecular weight is 465 g/mol. The van der Waals surface area contributed by atoms with Gasteiger partial charge in [0.25, 0.3) is 5.91 Å². The Morgan fingerprint density at radius 3 is 2.72 bits per heavy atom. The summed E-state index contributed by atoms with van der Waals surface area (Å²) in [5.74, 6) is 2.16. The number of amides is 1. The predicted molar refractivity (Wildman–Crippen MR) is 133 cm³/mol. The summed E-state index contributed by atoms with van der Waals surface area (Å²) in [5, 5.41) is 2.99. The van der Waals surface area contributed by atoms with Crippen LogP contribution >= 0.6 is 23.1 Å². The molecule has 164 valence electrons. The van der Waals surface area contributed by atoms with Crippen molar-refractivity contribution in [1.29, 1.82) is 0 Å². The quantitative estimate of drug-likeness (QED) is 0.243. The van der Waals surface area contributed by atoms with Crippen LogP contribution in [-0.2, 0) is 0 Å². The van der Waals surface area contributed by atoms with E-state index in [0.717, 1.165) is 48.6 Å². The summed E-state index contributed by atoms with van der Waals surface area (Å²) in [6.45, 7) is 4.51. The van der Waals surface area contributed by atoms with Gasteiger partial charge in [0.15, 0.2) is 15.8 Å². The number of carbonyl (C=O) groups is 1. The largest absolute Gasteiger partial charge is 0.493 e. The normalized spacial score (nSPS) is 10.8. The molecule has 1 N–H and O–H groups in total. The summed E-state index contributed by atoms with van der Waals surface area (Å²) in [4.78, 5) is 17.3. The van der Waals surface area contributed by atoms with E-state index < -0.39 is 0 Å². The lowest BCUT2D eigenvalue weighted by atomic mass is 10.1. The fraction of sp³-hybridized carbons (Fsp3) is 0.200. The van der Waals surface area contributed by atoms with Gasteiger partial charge in [-0.3, -0.25) is 4.79 Å². The van der Waals surface area contributed by atoms with Crippen molar-refractivity contribution < 1.29 is 14.3 Å². The van der Waals surface area contributed by atoms with E-state index in [1.807, 2.05) is 74.5 Å². The van der Waals surface area contributed by atoms with Crippen molar-refractivity contribution in [2.45, 2.75) is 18.2 Å². The van der Waals surface area contributed by atoms with Crippen LogP contribution in [0.1, 0.15) is 21.5 Å². The van der Waals surface area contributed by atoms with Gasteiger partial charge in [-0.25, -0.2) is 4.98 Å². The summed E-state index contributed by atoms with van der Waals surface area (Å²) in [6, 6.07) is 19.3. The molecule has 4 rings (SSSR count). The number of hydrogen-bond donors (Lipinski definition) is 1. The molecule has 1 heterocycles. The van der Waals surface area contributed by atoms with E-state index in [1.54, 1.807) is 30.2 Å². The molecule has 0 bridgehead atoms. The van der Waals surface area contributed by atoms with Crippen LogP contribution in [0.5, 0.6) is 11.5 Å². The van der Waals surface area contributed by atoms with Crippen molar-refractivity contribution in [2.75, 3.05) is 24.8 Å². The van der Waals surface area contributed by atoms with Crippen LogP contribution < -0.4 is 14.8 Å². The number of nitrogens with one attached hydrogen (secondary N) is 1. The number of benzene rings is 3. The topological polar surface area (TPSA) is 60.5 Å². The minimum absolute atomic E-state index is 0.106. The Hall–Kier alpha value is -3.03. The van der Waals surface area contributed by atoms with E-state index >= 15 is 0 Å². The second-order valence-electron chi connectivity index (χ2n) is 7.28. The number of aromatic nitrogens is 1. The maximum absolute atomic E-state index is 12.6. The number of aryl methyl sites for hydroxylation is 2. The molecule has 0 radical (unpaired) electrons. The zero-order valence-corrected chi connectivity index (χ0v) is 19.8. The molecule has 0 spiro atoms. The van der Waals surface area contributed by atoms with Crippen LogP contribution in [0.2, 0.25) is 0 Å². The molecule has 0 unspecified atom stereocenters. The van der Waals surface area contributed by atoms with Crippen molar-refractivity contribution in [2.24, 2.45) is 0 Å². The molecular weight excluding hydrogens is 440 g/mol. The number of anilines is 1. The molecule has 0 aliphatic heterocycles. The molecule has 0 aliphatic carbocycles. The highest BCUT2D eigenvalue weighted by molar-refractivity contribution is 8.01. The molecule has 0 saturated carbocycles. The van der Waals surface area contributed by atoms with Crippen LogP contribution in [0.3, 0.4) is 0 Å². The SMILES string of the molecule is COc1cc(C)ccc1OCCSc1nc2ccc(NC(=O)c3ccccc3C)cc2s1. The number of nitrogens with zero attached hydrogens (tertiary/aromatic N) is 1. The lowest BCUT2D eigenvalue weighted by molar-refractivity contribution is 0.102. The third-order valence-corrected chi connectivity index (χ3v) is 7.03. The number of ether oxygens (including phenoxy) is 2. The van der Waals surface area contributed by atoms with Gasteiger partial charge in [0.2, 0.25) is 0 Å². The average Bonchev–Trinajstić information content (AvgIpc) is 3.19. The van der Waals surface area contributed by atoms with E-state index in [9.17, 15) is 4.79 Å². The first-order valence-electron chi connectivity index (χ1n) is 10.2. The minimum Gasteiger partial charge on any atom is -0.493 e. The van der Waals surface area contributed by atoms with Crippen molar-refractivity contribution in [3.8, 4) is 11.5 Å². The predicted octanol–water partition coefficient (Wildman–Crippen LogP) is 6.35. The summed E-state index contributed by atoms with van der Waals surface area (Å²) in [5.41, 5.74) is 4.45. The van der Waals surface area contributed by atoms with Gasteiger partial charge in [0, 0.05) is 17.0 Å². The summed E-state index contributed by atoms with van der Waals surface area (Å²) >= 11 is 3.27. The Bertz CT molecular complexity index is 1250. The fourth-order valence-electron chi connectivity index (χ4n) is 3.24. The van der Waals surface area contributed by atoms with Gasteiger partial charge in [-0.15, -0.1) is 11.3 Å². The van der Waals surface area contributed by atoms with Crippen LogP contribution in [-0.4, -0.2) is 30.4 Å². The van der Waals surface area contributed by atoms with Crippen LogP contribution in [0.4, 0.5) is 5.69 Å². The minimum atomic E-state index is -0.106. The number of rotatable bonds is 8. The maximum atomic E-state index is 12.6. The zero-order chi connectivity index (χ0) is 22.5. The van der Waals surface area contributed by atoms with Crippen LogP contribution in [0.15, 0.2) is 65.0 Å². The number of hydrogen-bond acceptors (Lipinski definition) is 6. The second kappa shape index (κ2) is 10.1. The Kier molecular flexibility index (Phi) is 6.97. The highest BCUT2D eigenvalue weighted by atomic mass is 32.2. The molecule has 0 saturated heterocycles. The standard InChI is InChI=1S/C25H24N2O3S2/c1-16-8-11-21(22(14-16)29-3)30-12-13-31-25-27-20-10-9-18(15-23(20)32-25)26-24(28)19-7-5-4-6-17(19)2/h4-11,14-15H,12-13H2,1-3H3,(H,26,28). The molecule has 3 aromatic carbocycles. The van der Waals surface area contributed by atoms with Crippen molar-refractivity contribution >= 4 is 44.9 Å². The Labute approximate surface area is 195 Å². The highest BCUT2D eigenvalue weighted by Gasteiger charge is 2.11. The Balaban J connectivity index is 1.36. The first-order valence-corrected chi connectivity index (χ1v) is 12.0. The summed E-state index contributed by atoms with van der Waals surface area (Å²) in [6.07, 6.45) is 0. The number of thiazole rings is 1. The number of methoxy groups -OCH3 is 1. The molecule has 7 heteroatoms. The first-order chi connectivity index (χ1) is 15.5. The summed E-state index contributed by atoms with van der Waals surface area (Å²) in [7, 11) is 1.65. The third-order valence-electron chi connectivity index (χ3n) is 4.90. The number of thioether (sulfide) groups is 1. The smallest absolute Gasteiger partial charge is 0.255 e. The van der Waals surface area contributed by atoms with Crippen molar-refractivity contribution in [3.05, 3.63) is 77.4 Å². The Morgan fingerprint density at radius 1 is 1.06 bits per heavy atom. The van der Waals surface area contributed by atoms with Gasteiger partial charge in [0.05, 0.1) is 23.9 Å². The second-order valence-corrected chi connectivity index (χ2v) is 9.66. The third kappa shape index (κ3) is 5.23. The molecule has 0 atom stereocenters. The lowest BCUT2D eigenvalue weighted by Crippen LogP contribution is -2.13. The molecule has 0 fully saturated rings. The van der Waals surface area contributed by atoms with Gasteiger partial charge < -0.3 is 14.8 Å². The monoisotopic (exact) mass is 464 g/mol. The number of carbonyl (C=O) groups excluding carboxylic acids is 1.